The van der Waals surface area contributed by atoms with Crippen LogP contribution >= 0.6 is 0 Å². The summed E-state index contributed by atoms with van der Waals surface area (Å²) in [6.07, 6.45) is 1.78. The number of nitrogens with zero attached hydrogens (tertiary/aromatic N) is 2. The molecular weight excluding hydrogens is 312 g/mol. The van der Waals surface area contributed by atoms with Crippen molar-refractivity contribution in [2.24, 2.45) is 0 Å². The topological polar surface area (TPSA) is 77.8 Å². The van der Waals surface area contributed by atoms with Crippen LogP contribution in [0.1, 0.15) is 11.3 Å². The van der Waals surface area contributed by atoms with E-state index in [0.717, 1.165) is 16.8 Å². The first-order valence-electron chi connectivity index (χ1n) is 7.75. The Hall–Kier alpha value is -3.65. The zero-order valence-corrected chi connectivity index (χ0v) is 13.7. The number of aryl methyl sites for hydroxylation is 1. The molecule has 0 aliphatic rings. The number of benzene rings is 2. The molecule has 1 heterocycles. The van der Waals surface area contributed by atoms with E-state index >= 15 is 0 Å². The number of amides is 2. The van der Waals surface area contributed by atoms with E-state index in [4.69, 9.17) is 5.26 Å². The number of nitriles is 1. The number of aromatic nitrogens is 1. The maximum atomic E-state index is 12.1. The van der Waals surface area contributed by atoms with Gasteiger partial charge in [0.15, 0.2) is 0 Å². The normalized spacial score (nSPS) is 9.92. The van der Waals surface area contributed by atoms with Crippen molar-refractivity contribution in [3.05, 3.63) is 78.1 Å². The zero-order chi connectivity index (χ0) is 17.6. The summed E-state index contributed by atoms with van der Waals surface area (Å²) in [6, 6.07) is 20.0. The molecule has 0 spiro atoms. The zero-order valence-electron chi connectivity index (χ0n) is 13.7. The van der Waals surface area contributed by atoms with Crippen molar-refractivity contribution in [1.29, 1.82) is 5.26 Å². The second kappa shape index (κ2) is 7.28. The Bertz CT molecular complexity index is 942. The van der Waals surface area contributed by atoms with E-state index < -0.39 is 0 Å². The number of hydrogen-bond donors (Lipinski definition) is 2. The van der Waals surface area contributed by atoms with Crippen LogP contribution in [-0.4, -0.2) is 11.0 Å². The minimum atomic E-state index is -0.359. The predicted octanol–water partition coefficient (Wildman–Crippen LogP) is 4.57. The van der Waals surface area contributed by atoms with Crippen LogP contribution in [0, 0.1) is 18.3 Å². The molecule has 2 amide bonds. The lowest BCUT2D eigenvalue weighted by Crippen LogP contribution is -2.19. The number of pyridine rings is 1. The number of nitrogens with one attached hydrogen (secondary N) is 2. The molecule has 2 N–H and O–H groups in total. The van der Waals surface area contributed by atoms with Crippen LogP contribution in [-0.2, 0) is 0 Å². The third kappa shape index (κ3) is 4.21. The fourth-order valence-electron chi connectivity index (χ4n) is 2.43. The van der Waals surface area contributed by atoms with Crippen LogP contribution in [0.25, 0.3) is 11.1 Å². The molecule has 0 atom stereocenters. The van der Waals surface area contributed by atoms with Crippen molar-refractivity contribution in [3.8, 4) is 17.2 Å². The lowest BCUT2D eigenvalue weighted by Gasteiger charge is -2.09. The van der Waals surface area contributed by atoms with E-state index in [2.05, 4.69) is 15.6 Å². The monoisotopic (exact) mass is 328 g/mol. The lowest BCUT2D eigenvalue weighted by molar-refractivity contribution is 0.262. The minimum Gasteiger partial charge on any atom is -0.308 e. The number of hydrogen-bond acceptors (Lipinski definition) is 3. The van der Waals surface area contributed by atoms with Crippen molar-refractivity contribution in [2.75, 3.05) is 10.6 Å². The van der Waals surface area contributed by atoms with Crippen molar-refractivity contribution >= 4 is 17.4 Å². The quantitative estimate of drug-likeness (QED) is 0.739. The van der Waals surface area contributed by atoms with Gasteiger partial charge in [-0.2, -0.15) is 5.26 Å². The Morgan fingerprint density at radius 2 is 1.72 bits per heavy atom. The first kappa shape index (κ1) is 16.2. The average molecular weight is 328 g/mol. The van der Waals surface area contributed by atoms with Gasteiger partial charge in [-0.3, -0.25) is 4.98 Å². The van der Waals surface area contributed by atoms with Crippen molar-refractivity contribution in [3.63, 3.8) is 0 Å². The first-order valence-corrected chi connectivity index (χ1v) is 7.75. The smallest absolute Gasteiger partial charge is 0.308 e. The van der Waals surface area contributed by atoms with Crippen LogP contribution in [0.2, 0.25) is 0 Å². The van der Waals surface area contributed by atoms with E-state index in [1.54, 1.807) is 30.5 Å². The molecule has 3 aromatic rings. The number of carbonyl (C=O) groups is 1. The van der Waals surface area contributed by atoms with Gasteiger partial charge in [0.25, 0.3) is 0 Å². The number of rotatable bonds is 3. The van der Waals surface area contributed by atoms with Gasteiger partial charge >= 0.3 is 6.03 Å². The van der Waals surface area contributed by atoms with Gasteiger partial charge in [0.05, 0.1) is 11.6 Å². The summed E-state index contributed by atoms with van der Waals surface area (Å²) in [5.74, 6) is 0. The molecule has 2 aromatic carbocycles. The predicted molar refractivity (Wildman–Crippen MR) is 98.2 cm³/mol. The molecule has 0 aliphatic heterocycles. The molecule has 1 aromatic heterocycles. The Morgan fingerprint density at radius 1 is 0.960 bits per heavy atom. The molecule has 25 heavy (non-hydrogen) atoms. The minimum absolute atomic E-state index is 0.359. The van der Waals surface area contributed by atoms with Gasteiger partial charge in [0.1, 0.15) is 0 Å². The fraction of sp³-hybridized carbons (Fsp3) is 0.0500. The van der Waals surface area contributed by atoms with E-state index in [1.807, 2.05) is 49.4 Å². The van der Waals surface area contributed by atoms with Gasteiger partial charge < -0.3 is 10.6 Å². The molecule has 0 radical (unpaired) electrons. The van der Waals surface area contributed by atoms with E-state index in [-0.39, 0.29) is 6.03 Å². The summed E-state index contributed by atoms with van der Waals surface area (Å²) >= 11 is 0. The van der Waals surface area contributed by atoms with Gasteiger partial charge in [-0.15, -0.1) is 0 Å². The highest BCUT2D eigenvalue weighted by atomic mass is 16.2. The number of carbonyl (C=O) groups excluding carboxylic acids is 1. The SMILES string of the molecule is Cc1cc(-c2ccc(NC(=O)Nc3cccc(C#N)c3)cc2)ccn1. The second-order valence-electron chi connectivity index (χ2n) is 5.53. The molecule has 5 nitrogen and oxygen atoms in total. The average Bonchev–Trinajstić information content (AvgIpc) is 2.62. The van der Waals surface area contributed by atoms with E-state index in [0.29, 0.717) is 16.9 Å². The molecule has 0 fully saturated rings. The van der Waals surface area contributed by atoms with Gasteiger partial charge in [-0.1, -0.05) is 18.2 Å². The lowest BCUT2D eigenvalue weighted by atomic mass is 10.1. The van der Waals surface area contributed by atoms with Crippen LogP contribution in [0.15, 0.2) is 66.9 Å². The van der Waals surface area contributed by atoms with Crippen molar-refractivity contribution in [1.82, 2.24) is 4.98 Å². The Kier molecular flexibility index (Phi) is 4.72. The van der Waals surface area contributed by atoms with E-state index in [9.17, 15) is 4.79 Å². The summed E-state index contributed by atoms with van der Waals surface area (Å²) in [5, 5.41) is 14.4. The van der Waals surface area contributed by atoms with Gasteiger partial charge in [-0.05, 0) is 60.5 Å². The van der Waals surface area contributed by atoms with Gasteiger partial charge in [0, 0.05) is 23.3 Å². The summed E-state index contributed by atoms with van der Waals surface area (Å²) in [5.41, 5.74) is 4.84. The standard InChI is InChI=1S/C20H16N4O/c1-14-11-17(9-10-22-14)16-5-7-18(8-6-16)23-20(25)24-19-4-2-3-15(12-19)13-21/h2-12H,1H3,(H2,23,24,25). The molecule has 0 aliphatic carbocycles. The van der Waals surface area contributed by atoms with Crippen LogP contribution in [0.4, 0.5) is 16.2 Å². The van der Waals surface area contributed by atoms with Crippen molar-refractivity contribution < 1.29 is 4.79 Å². The molecule has 0 saturated heterocycles. The summed E-state index contributed by atoms with van der Waals surface area (Å²) in [4.78, 5) is 16.3. The Labute approximate surface area is 146 Å². The number of urea groups is 1. The van der Waals surface area contributed by atoms with Crippen LogP contribution < -0.4 is 10.6 Å². The van der Waals surface area contributed by atoms with Gasteiger partial charge in [-0.25, -0.2) is 4.79 Å². The highest BCUT2D eigenvalue weighted by Crippen LogP contribution is 2.21. The molecule has 122 valence electrons. The Balaban J connectivity index is 1.67. The summed E-state index contributed by atoms with van der Waals surface area (Å²) in [6.45, 7) is 1.95. The molecule has 0 unspecified atom stereocenters. The maximum absolute atomic E-state index is 12.1. The largest absolute Gasteiger partial charge is 0.323 e. The summed E-state index contributed by atoms with van der Waals surface area (Å²) in [7, 11) is 0. The van der Waals surface area contributed by atoms with Gasteiger partial charge in [0.2, 0.25) is 0 Å². The van der Waals surface area contributed by atoms with Crippen LogP contribution in [0.5, 0.6) is 0 Å². The molecule has 5 heteroatoms. The van der Waals surface area contributed by atoms with Crippen molar-refractivity contribution in [2.45, 2.75) is 6.92 Å². The fourth-order valence-corrected chi connectivity index (χ4v) is 2.43. The molecule has 3 rings (SSSR count). The van der Waals surface area contributed by atoms with Crippen LogP contribution in [0.3, 0.4) is 0 Å². The summed E-state index contributed by atoms with van der Waals surface area (Å²) < 4.78 is 0. The molecule has 0 bridgehead atoms. The third-order valence-corrected chi connectivity index (χ3v) is 3.62. The maximum Gasteiger partial charge on any atom is 0.323 e. The second-order valence-corrected chi connectivity index (χ2v) is 5.53. The first-order chi connectivity index (χ1) is 12.1. The van der Waals surface area contributed by atoms with E-state index in [1.165, 1.54) is 0 Å². The highest BCUT2D eigenvalue weighted by Gasteiger charge is 2.04. The number of anilines is 2. The Morgan fingerprint density at radius 3 is 2.44 bits per heavy atom. The highest BCUT2D eigenvalue weighted by molar-refractivity contribution is 5.99. The third-order valence-electron chi connectivity index (χ3n) is 3.62. The molecular formula is C20H16N4O. The molecule has 0 saturated carbocycles.